The molecule has 0 saturated carbocycles. The Bertz CT molecular complexity index is 1400. The largest absolute Gasteiger partial charge is 0.453 e. The van der Waals surface area contributed by atoms with Gasteiger partial charge in [0.2, 0.25) is 0 Å². The predicted molar refractivity (Wildman–Crippen MR) is 136 cm³/mol. The molecule has 1 amide bonds. The van der Waals surface area contributed by atoms with E-state index < -0.39 is 0 Å². The lowest BCUT2D eigenvalue weighted by Crippen LogP contribution is -2.27. The maximum absolute atomic E-state index is 13.5. The van der Waals surface area contributed by atoms with Crippen LogP contribution in [-0.4, -0.2) is 33.7 Å². The van der Waals surface area contributed by atoms with Gasteiger partial charge in [-0.2, -0.15) is 9.78 Å². The van der Waals surface area contributed by atoms with Crippen LogP contribution in [0.2, 0.25) is 5.02 Å². The minimum atomic E-state index is -0.390. The molecule has 8 heteroatoms. The van der Waals surface area contributed by atoms with Gasteiger partial charge in [0, 0.05) is 29.4 Å². The number of nitrogens with zero attached hydrogens (tertiary/aromatic N) is 3. The number of rotatable bonds is 6. The third kappa shape index (κ3) is 5.05. The lowest BCUT2D eigenvalue weighted by Gasteiger charge is -2.17. The lowest BCUT2D eigenvalue weighted by molar-refractivity contribution is 0.0793. The number of benzene rings is 3. The fourth-order valence-corrected chi connectivity index (χ4v) is 4.12. The molecule has 7 nitrogen and oxygen atoms in total. The maximum atomic E-state index is 13.5. The van der Waals surface area contributed by atoms with Crippen molar-refractivity contribution in [3.05, 3.63) is 106 Å². The first-order valence-corrected chi connectivity index (χ1v) is 11.7. The minimum absolute atomic E-state index is 0.0137. The van der Waals surface area contributed by atoms with E-state index in [1.807, 2.05) is 23.1 Å². The molecule has 176 valence electrons. The Morgan fingerprint density at radius 1 is 0.943 bits per heavy atom. The van der Waals surface area contributed by atoms with Crippen LogP contribution in [0, 0.1) is 0 Å². The van der Waals surface area contributed by atoms with Crippen LogP contribution in [0.5, 0.6) is 11.5 Å². The van der Waals surface area contributed by atoms with Gasteiger partial charge in [-0.3, -0.25) is 9.59 Å². The van der Waals surface area contributed by atoms with Gasteiger partial charge in [0.15, 0.2) is 11.4 Å². The van der Waals surface area contributed by atoms with Crippen molar-refractivity contribution in [1.29, 1.82) is 0 Å². The van der Waals surface area contributed by atoms with Crippen LogP contribution >= 0.6 is 11.6 Å². The van der Waals surface area contributed by atoms with Crippen LogP contribution in [0.25, 0.3) is 5.69 Å². The van der Waals surface area contributed by atoms with Gasteiger partial charge >= 0.3 is 0 Å². The molecule has 0 atom stereocenters. The second-order valence-corrected chi connectivity index (χ2v) is 8.63. The fraction of sp³-hybridized carbons (Fsp3) is 0.148. The summed E-state index contributed by atoms with van der Waals surface area (Å²) >= 11 is 5.99. The van der Waals surface area contributed by atoms with Crippen molar-refractivity contribution >= 4 is 28.9 Å². The Balaban J connectivity index is 1.52. The average Bonchev–Trinajstić information content (AvgIpc) is 3.43. The van der Waals surface area contributed by atoms with Gasteiger partial charge in [0.25, 0.3) is 11.5 Å². The summed E-state index contributed by atoms with van der Waals surface area (Å²) in [4.78, 5) is 28.3. The number of ether oxygens (including phenoxy) is 1. The number of likely N-dealkylation sites (tertiary alicyclic amines) is 1. The molecule has 35 heavy (non-hydrogen) atoms. The molecule has 1 fully saturated rings. The quantitative estimate of drug-likeness (QED) is 0.380. The summed E-state index contributed by atoms with van der Waals surface area (Å²) in [6, 6.07) is 23.1. The molecule has 1 saturated heterocycles. The van der Waals surface area contributed by atoms with Gasteiger partial charge in [-0.15, -0.1) is 0 Å². The molecular formula is C27H23ClN4O3. The van der Waals surface area contributed by atoms with Crippen LogP contribution in [0.1, 0.15) is 23.2 Å². The van der Waals surface area contributed by atoms with Crippen molar-refractivity contribution in [1.82, 2.24) is 14.7 Å². The SMILES string of the molecule is O=C(c1cccc(Nc2c(Oc3ccc(Cl)cc3)cnn(-c3ccccc3)c2=O)c1)N1CCCC1. The molecule has 0 radical (unpaired) electrons. The number of carbonyl (C=O) groups is 1. The van der Waals surface area contributed by atoms with E-state index in [9.17, 15) is 9.59 Å². The van der Waals surface area contributed by atoms with Gasteiger partial charge in [0.05, 0.1) is 11.9 Å². The van der Waals surface area contributed by atoms with E-state index >= 15 is 0 Å². The number of nitrogens with one attached hydrogen (secondary N) is 1. The van der Waals surface area contributed by atoms with Crippen LogP contribution in [0.4, 0.5) is 11.4 Å². The Kier molecular flexibility index (Phi) is 6.50. The van der Waals surface area contributed by atoms with E-state index in [4.69, 9.17) is 16.3 Å². The van der Waals surface area contributed by atoms with Crippen LogP contribution < -0.4 is 15.6 Å². The first-order chi connectivity index (χ1) is 17.1. The zero-order valence-corrected chi connectivity index (χ0v) is 19.6. The predicted octanol–water partition coefficient (Wildman–Crippen LogP) is 5.66. The highest BCUT2D eigenvalue weighted by Gasteiger charge is 2.20. The van der Waals surface area contributed by atoms with Crippen LogP contribution in [-0.2, 0) is 0 Å². The second-order valence-electron chi connectivity index (χ2n) is 8.20. The highest BCUT2D eigenvalue weighted by atomic mass is 35.5. The Morgan fingerprint density at radius 3 is 2.43 bits per heavy atom. The normalized spacial score (nSPS) is 13.0. The summed E-state index contributed by atoms with van der Waals surface area (Å²) in [6.07, 6.45) is 3.53. The lowest BCUT2D eigenvalue weighted by atomic mass is 10.1. The topological polar surface area (TPSA) is 76.5 Å². The van der Waals surface area contributed by atoms with Gasteiger partial charge < -0.3 is 15.0 Å². The Labute approximate surface area is 207 Å². The van der Waals surface area contributed by atoms with E-state index in [0.717, 1.165) is 25.9 Å². The number of aromatic nitrogens is 2. The van der Waals surface area contributed by atoms with E-state index in [0.29, 0.717) is 27.7 Å². The molecule has 0 spiro atoms. The molecule has 0 unspecified atom stereocenters. The summed E-state index contributed by atoms with van der Waals surface area (Å²) in [5.41, 5.74) is 1.59. The summed E-state index contributed by atoms with van der Waals surface area (Å²) in [7, 11) is 0. The Hall–Kier alpha value is -4.10. The number of hydrogen-bond acceptors (Lipinski definition) is 5. The van der Waals surface area contributed by atoms with Crippen LogP contribution in [0.3, 0.4) is 0 Å². The summed E-state index contributed by atoms with van der Waals surface area (Å²) in [5.74, 6) is 0.745. The number of amides is 1. The first-order valence-electron chi connectivity index (χ1n) is 11.4. The molecule has 4 aromatic rings. The van der Waals surface area contributed by atoms with Gasteiger partial charge in [0.1, 0.15) is 5.75 Å². The summed E-state index contributed by atoms with van der Waals surface area (Å²) in [6.45, 7) is 1.53. The second kappa shape index (κ2) is 10.0. The summed E-state index contributed by atoms with van der Waals surface area (Å²) in [5, 5.41) is 8.06. The highest BCUT2D eigenvalue weighted by molar-refractivity contribution is 6.30. The Morgan fingerprint density at radius 2 is 1.69 bits per heavy atom. The standard InChI is InChI=1S/C27H23ClN4O3/c28-20-11-13-23(14-12-20)35-24-18-29-32(22-9-2-1-3-10-22)27(34)25(24)30-21-8-6-7-19(17-21)26(33)31-15-4-5-16-31/h1-3,6-14,17-18,30H,4-5,15-16H2. The van der Waals surface area contributed by atoms with Gasteiger partial charge in [-0.25, -0.2) is 0 Å². The fourth-order valence-electron chi connectivity index (χ4n) is 3.99. The van der Waals surface area contributed by atoms with Crippen LogP contribution in [0.15, 0.2) is 89.9 Å². The van der Waals surface area contributed by atoms with E-state index in [2.05, 4.69) is 10.4 Å². The third-order valence-corrected chi connectivity index (χ3v) is 6.01. The van der Waals surface area contributed by atoms with Crippen molar-refractivity contribution in [3.8, 4) is 17.2 Å². The first kappa shape index (κ1) is 22.7. The number of carbonyl (C=O) groups excluding carboxylic acids is 1. The third-order valence-electron chi connectivity index (χ3n) is 5.76. The minimum Gasteiger partial charge on any atom is -0.453 e. The molecule has 1 aliphatic heterocycles. The zero-order valence-electron chi connectivity index (χ0n) is 18.9. The van der Waals surface area contributed by atoms with E-state index in [-0.39, 0.29) is 22.9 Å². The molecule has 5 rings (SSSR count). The number of halogens is 1. The van der Waals surface area contributed by atoms with E-state index in [1.165, 1.54) is 10.9 Å². The zero-order chi connectivity index (χ0) is 24.2. The monoisotopic (exact) mass is 486 g/mol. The van der Waals surface area contributed by atoms with Crippen molar-refractivity contribution < 1.29 is 9.53 Å². The molecule has 0 aliphatic carbocycles. The maximum Gasteiger partial charge on any atom is 0.299 e. The number of hydrogen-bond donors (Lipinski definition) is 1. The van der Waals surface area contributed by atoms with Crippen molar-refractivity contribution in [2.24, 2.45) is 0 Å². The molecule has 3 aromatic carbocycles. The molecule has 1 N–H and O–H groups in total. The van der Waals surface area contributed by atoms with Crippen molar-refractivity contribution in [3.63, 3.8) is 0 Å². The van der Waals surface area contributed by atoms with Gasteiger partial charge in [-0.05, 0) is 67.4 Å². The molecule has 1 aliphatic rings. The number of anilines is 2. The molecular weight excluding hydrogens is 464 g/mol. The van der Waals surface area contributed by atoms with Crippen molar-refractivity contribution in [2.75, 3.05) is 18.4 Å². The molecule has 0 bridgehead atoms. The molecule has 2 heterocycles. The average molecular weight is 487 g/mol. The number of para-hydroxylation sites is 1. The highest BCUT2D eigenvalue weighted by Crippen LogP contribution is 2.30. The van der Waals surface area contributed by atoms with Crippen molar-refractivity contribution in [2.45, 2.75) is 12.8 Å². The smallest absolute Gasteiger partial charge is 0.299 e. The summed E-state index contributed by atoms with van der Waals surface area (Å²) < 4.78 is 7.30. The molecule has 1 aromatic heterocycles. The van der Waals surface area contributed by atoms with Gasteiger partial charge in [-0.1, -0.05) is 35.9 Å². The van der Waals surface area contributed by atoms with E-state index in [1.54, 1.807) is 60.7 Å².